The van der Waals surface area contributed by atoms with Gasteiger partial charge in [-0.1, -0.05) is 12.1 Å². The minimum atomic E-state index is -0.196. The van der Waals surface area contributed by atoms with Crippen molar-refractivity contribution >= 4 is 5.91 Å². The molecule has 0 fully saturated rings. The number of carbonyl (C=O) groups excluding carboxylic acids is 1. The lowest BCUT2D eigenvalue weighted by atomic mass is 10.2. The van der Waals surface area contributed by atoms with Crippen LogP contribution in [0.4, 0.5) is 0 Å². The first-order valence-corrected chi connectivity index (χ1v) is 6.87. The molecule has 0 saturated heterocycles. The number of benzene rings is 1. The Balaban J connectivity index is 1.83. The minimum Gasteiger partial charge on any atom is -0.489 e. The van der Waals surface area contributed by atoms with E-state index in [1.54, 1.807) is 6.07 Å². The van der Waals surface area contributed by atoms with E-state index in [0.29, 0.717) is 17.9 Å². The molecule has 1 unspecified atom stereocenters. The molecular formula is C16H20N2O3. The zero-order chi connectivity index (χ0) is 15.2. The molecule has 2 rings (SSSR count). The van der Waals surface area contributed by atoms with E-state index in [-0.39, 0.29) is 18.6 Å². The summed E-state index contributed by atoms with van der Waals surface area (Å²) in [6.45, 7) is 4.60. The number of ether oxygens (including phenoxy) is 1. The molecule has 2 aromatic rings. The molecule has 21 heavy (non-hydrogen) atoms. The Morgan fingerprint density at radius 3 is 2.90 bits per heavy atom. The van der Waals surface area contributed by atoms with Crippen molar-refractivity contribution in [2.24, 2.45) is 5.73 Å². The molecule has 0 bridgehead atoms. The second-order valence-electron chi connectivity index (χ2n) is 4.96. The summed E-state index contributed by atoms with van der Waals surface area (Å²) in [6, 6.07) is 9.45. The number of hydrogen-bond acceptors (Lipinski definition) is 4. The Hall–Kier alpha value is -2.27. The summed E-state index contributed by atoms with van der Waals surface area (Å²) in [5, 5.41) is 2.81. The third-order valence-corrected chi connectivity index (χ3v) is 2.99. The van der Waals surface area contributed by atoms with Crippen LogP contribution in [0.25, 0.3) is 0 Å². The van der Waals surface area contributed by atoms with Crippen molar-refractivity contribution in [3.8, 4) is 5.75 Å². The van der Waals surface area contributed by atoms with Gasteiger partial charge < -0.3 is 20.2 Å². The summed E-state index contributed by atoms with van der Waals surface area (Å²) in [5.41, 5.74) is 7.04. The largest absolute Gasteiger partial charge is 0.489 e. The van der Waals surface area contributed by atoms with Gasteiger partial charge in [0.1, 0.15) is 23.9 Å². The summed E-state index contributed by atoms with van der Waals surface area (Å²) < 4.78 is 10.9. The van der Waals surface area contributed by atoms with Gasteiger partial charge in [-0.05, 0) is 37.6 Å². The van der Waals surface area contributed by atoms with Crippen molar-refractivity contribution in [2.75, 3.05) is 6.54 Å². The van der Waals surface area contributed by atoms with Crippen LogP contribution >= 0.6 is 0 Å². The van der Waals surface area contributed by atoms with Crippen LogP contribution in [0.5, 0.6) is 5.75 Å². The van der Waals surface area contributed by atoms with Gasteiger partial charge in [-0.3, -0.25) is 4.79 Å². The molecule has 3 N–H and O–H groups in total. The lowest BCUT2D eigenvalue weighted by Gasteiger charge is -2.15. The molecule has 5 nitrogen and oxygen atoms in total. The van der Waals surface area contributed by atoms with Gasteiger partial charge in [0.25, 0.3) is 5.91 Å². The van der Waals surface area contributed by atoms with Crippen molar-refractivity contribution in [2.45, 2.75) is 26.5 Å². The summed E-state index contributed by atoms with van der Waals surface area (Å²) in [4.78, 5) is 11.9. The van der Waals surface area contributed by atoms with Gasteiger partial charge in [-0.15, -0.1) is 0 Å². The maximum Gasteiger partial charge on any atom is 0.254 e. The van der Waals surface area contributed by atoms with Crippen molar-refractivity contribution in [1.29, 1.82) is 0 Å². The van der Waals surface area contributed by atoms with Gasteiger partial charge in [-0.2, -0.15) is 0 Å². The van der Waals surface area contributed by atoms with E-state index in [0.717, 1.165) is 11.3 Å². The van der Waals surface area contributed by atoms with Gasteiger partial charge in [-0.25, -0.2) is 0 Å². The fourth-order valence-corrected chi connectivity index (χ4v) is 1.91. The Bertz CT molecular complexity index is 607. The van der Waals surface area contributed by atoms with Crippen molar-refractivity contribution in [1.82, 2.24) is 5.32 Å². The average Bonchev–Trinajstić information content (AvgIpc) is 2.94. The summed E-state index contributed by atoms with van der Waals surface area (Å²) in [5.74, 6) is 1.19. The van der Waals surface area contributed by atoms with Gasteiger partial charge in [0.15, 0.2) is 0 Å². The van der Waals surface area contributed by atoms with E-state index in [2.05, 4.69) is 5.32 Å². The molecule has 1 heterocycles. The highest BCUT2D eigenvalue weighted by molar-refractivity contribution is 5.93. The summed E-state index contributed by atoms with van der Waals surface area (Å²) >= 11 is 0. The van der Waals surface area contributed by atoms with Gasteiger partial charge >= 0.3 is 0 Å². The quantitative estimate of drug-likeness (QED) is 0.854. The number of hydrogen-bond donors (Lipinski definition) is 2. The van der Waals surface area contributed by atoms with E-state index in [1.807, 2.05) is 38.1 Å². The molecule has 1 atom stereocenters. The normalized spacial score (nSPS) is 12.0. The molecule has 0 aliphatic carbocycles. The SMILES string of the molecule is Cc1cccc(OC(C)CNC(=O)c2coc(CN)c2)c1. The fourth-order valence-electron chi connectivity index (χ4n) is 1.91. The lowest BCUT2D eigenvalue weighted by Crippen LogP contribution is -2.33. The molecule has 1 aromatic carbocycles. The maximum atomic E-state index is 11.9. The highest BCUT2D eigenvalue weighted by atomic mass is 16.5. The lowest BCUT2D eigenvalue weighted by molar-refractivity contribution is 0.0931. The van der Waals surface area contributed by atoms with Crippen LogP contribution in [0.2, 0.25) is 0 Å². The second kappa shape index (κ2) is 6.95. The number of carbonyl (C=O) groups is 1. The van der Waals surface area contributed by atoms with Crippen LogP contribution in [0.1, 0.15) is 28.6 Å². The fraction of sp³-hybridized carbons (Fsp3) is 0.312. The van der Waals surface area contributed by atoms with Crippen LogP contribution in [0.3, 0.4) is 0 Å². The van der Waals surface area contributed by atoms with Crippen LogP contribution in [-0.2, 0) is 6.54 Å². The highest BCUT2D eigenvalue weighted by Crippen LogP contribution is 2.14. The minimum absolute atomic E-state index is 0.128. The predicted molar refractivity (Wildman–Crippen MR) is 80.2 cm³/mol. The van der Waals surface area contributed by atoms with Crippen LogP contribution < -0.4 is 15.8 Å². The Labute approximate surface area is 124 Å². The van der Waals surface area contributed by atoms with Crippen LogP contribution in [0, 0.1) is 6.92 Å². The predicted octanol–water partition coefficient (Wildman–Crippen LogP) is 2.24. The van der Waals surface area contributed by atoms with E-state index < -0.39 is 0 Å². The van der Waals surface area contributed by atoms with Gasteiger partial charge in [0.05, 0.1) is 18.7 Å². The number of furan rings is 1. The Kier molecular flexibility index (Phi) is 5.00. The van der Waals surface area contributed by atoms with Gasteiger partial charge in [0.2, 0.25) is 0 Å². The standard InChI is InChI=1S/C16H20N2O3/c1-11-4-3-5-14(6-11)21-12(2)9-18-16(19)13-7-15(8-17)20-10-13/h3-7,10,12H,8-9,17H2,1-2H3,(H,18,19). The Morgan fingerprint density at radius 1 is 1.43 bits per heavy atom. The Morgan fingerprint density at radius 2 is 2.24 bits per heavy atom. The average molecular weight is 288 g/mol. The molecule has 5 heteroatoms. The molecule has 0 radical (unpaired) electrons. The molecular weight excluding hydrogens is 268 g/mol. The first-order chi connectivity index (χ1) is 10.1. The zero-order valence-corrected chi connectivity index (χ0v) is 12.3. The van der Waals surface area contributed by atoms with Gasteiger partial charge in [0, 0.05) is 0 Å². The number of nitrogens with two attached hydrogens (primary N) is 1. The first kappa shape index (κ1) is 15.1. The van der Waals surface area contributed by atoms with Crippen LogP contribution in [-0.4, -0.2) is 18.6 Å². The van der Waals surface area contributed by atoms with Crippen molar-refractivity contribution in [3.05, 3.63) is 53.5 Å². The topological polar surface area (TPSA) is 77.5 Å². The highest BCUT2D eigenvalue weighted by Gasteiger charge is 2.11. The summed E-state index contributed by atoms with van der Waals surface area (Å²) in [6.07, 6.45) is 1.28. The first-order valence-electron chi connectivity index (χ1n) is 6.87. The monoisotopic (exact) mass is 288 g/mol. The number of aryl methyl sites for hydroxylation is 1. The molecule has 0 spiro atoms. The number of amides is 1. The van der Waals surface area contributed by atoms with E-state index in [4.69, 9.17) is 14.9 Å². The molecule has 1 aromatic heterocycles. The van der Waals surface area contributed by atoms with E-state index in [9.17, 15) is 4.79 Å². The molecule has 112 valence electrons. The third kappa shape index (κ3) is 4.36. The van der Waals surface area contributed by atoms with Crippen molar-refractivity contribution in [3.63, 3.8) is 0 Å². The van der Waals surface area contributed by atoms with Crippen molar-refractivity contribution < 1.29 is 13.9 Å². The molecule has 1 amide bonds. The van der Waals surface area contributed by atoms with E-state index >= 15 is 0 Å². The molecule has 0 saturated carbocycles. The molecule has 0 aliphatic rings. The van der Waals surface area contributed by atoms with E-state index in [1.165, 1.54) is 6.26 Å². The number of nitrogens with one attached hydrogen (secondary N) is 1. The molecule has 0 aliphatic heterocycles. The summed E-state index contributed by atoms with van der Waals surface area (Å²) in [7, 11) is 0. The van der Waals surface area contributed by atoms with Crippen LogP contribution in [0.15, 0.2) is 41.0 Å². The maximum absolute atomic E-state index is 11.9. The second-order valence-corrected chi connectivity index (χ2v) is 4.96. The smallest absolute Gasteiger partial charge is 0.254 e. The zero-order valence-electron chi connectivity index (χ0n) is 12.3. The number of rotatable bonds is 6. The third-order valence-electron chi connectivity index (χ3n) is 2.99.